The van der Waals surface area contributed by atoms with Crippen molar-refractivity contribution in [2.75, 3.05) is 5.32 Å². The Kier molecular flexibility index (Phi) is 3.58. The van der Waals surface area contributed by atoms with E-state index in [-0.39, 0.29) is 10.9 Å². The van der Waals surface area contributed by atoms with Crippen molar-refractivity contribution in [1.29, 1.82) is 0 Å². The first-order valence-electron chi connectivity index (χ1n) is 5.25. The summed E-state index contributed by atoms with van der Waals surface area (Å²) in [4.78, 5) is 15.8. The molecule has 92 valence electrons. The molecule has 0 unspecified atom stereocenters. The molecule has 1 aromatic heterocycles. The standard InChI is InChI=1S/C13H10ClFN2O/c1-8-4-5-16-7-10(8)13(18)17-9-2-3-12(15)11(14)6-9/h2-7H,1H3,(H,17,18). The Balaban J connectivity index is 2.22. The minimum absolute atomic E-state index is 0.0318. The third-order valence-electron chi connectivity index (χ3n) is 2.46. The van der Waals surface area contributed by atoms with Crippen LogP contribution < -0.4 is 5.32 Å². The fourth-order valence-electron chi connectivity index (χ4n) is 1.47. The van der Waals surface area contributed by atoms with Crippen molar-refractivity contribution in [1.82, 2.24) is 4.98 Å². The minimum Gasteiger partial charge on any atom is -0.322 e. The van der Waals surface area contributed by atoms with E-state index in [9.17, 15) is 9.18 Å². The molecule has 0 fully saturated rings. The van der Waals surface area contributed by atoms with Crippen LogP contribution in [0.5, 0.6) is 0 Å². The van der Waals surface area contributed by atoms with E-state index in [2.05, 4.69) is 10.3 Å². The highest BCUT2D eigenvalue weighted by molar-refractivity contribution is 6.31. The highest BCUT2D eigenvalue weighted by atomic mass is 35.5. The van der Waals surface area contributed by atoms with E-state index >= 15 is 0 Å². The molecule has 2 rings (SSSR count). The lowest BCUT2D eigenvalue weighted by Gasteiger charge is -2.07. The molecule has 1 N–H and O–H groups in total. The van der Waals surface area contributed by atoms with Gasteiger partial charge < -0.3 is 5.32 Å². The molecule has 0 aliphatic heterocycles. The van der Waals surface area contributed by atoms with Crippen LogP contribution in [0.2, 0.25) is 5.02 Å². The first-order valence-corrected chi connectivity index (χ1v) is 5.63. The smallest absolute Gasteiger partial charge is 0.257 e. The normalized spacial score (nSPS) is 10.2. The van der Waals surface area contributed by atoms with Gasteiger partial charge in [0, 0.05) is 18.1 Å². The zero-order valence-corrected chi connectivity index (χ0v) is 10.3. The van der Waals surface area contributed by atoms with Crippen molar-refractivity contribution in [3.8, 4) is 0 Å². The van der Waals surface area contributed by atoms with Gasteiger partial charge in [0.05, 0.1) is 10.6 Å². The number of rotatable bonds is 2. The van der Waals surface area contributed by atoms with Crippen molar-refractivity contribution >= 4 is 23.2 Å². The van der Waals surface area contributed by atoms with E-state index in [0.717, 1.165) is 5.56 Å². The number of halogens is 2. The van der Waals surface area contributed by atoms with E-state index in [4.69, 9.17) is 11.6 Å². The summed E-state index contributed by atoms with van der Waals surface area (Å²) in [5, 5.41) is 2.61. The molecule has 0 saturated carbocycles. The zero-order valence-electron chi connectivity index (χ0n) is 9.58. The number of hydrogen-bond donors (Lipinski definition) is 1. The number of aryl methyl sites for hydroxylation is 1. The van der Waals surface area contributed by atoms with Crippen LogP contribution >= 0.6 is 11.6 Å². The third-order valence-corrected chi connectivity index (χ3v) is 2.75. The van der Waals surface area contributed by atoms with Gasteiger partial charge in [-0.3, -0.25) is 9.78 Å². The van der Waals surface area contributed by atoms with Crippen LogP contribution in [0, 0.1) is 12.7 Å². The monoisotopic (exact) mass is 264 g/mol. The van der Waals surface area contributed by atoms with Gasteiger partial charge in [0.25, 0.3) is 5.91 Å². The summed E-state index contributed by atoms with van der Waals surface area (Å²) in [5.41, 5.74) is 1.73. The molecule has 0 aliphatic carbocycles. The van der Waals surface area contributed by atoms with Crippen LogP contribution in [0.1, 0.15) is 15.9 Å². The van der Waals surface area contributed by atoms with E-state index in [1.54, 1.807) is 12.3 Å². The van der Waals surface area contributed by atoms with Crippen molar-refractivity contribution in [3.05, 3.63) is 58.6 Å². The maximum absolute atomic E-state index is 13.0. The predicted octanol–water partition coefficient (Wildman–Crippen LogP) is 3.43. The average Bonchev–Trinajstić information content (AvgIpc) is 2.34. The molecule has 5 heteroatoms. The van der Waals surface area contributed by atoms with Gasteiger partial charge in [-0.25, -0.2) is 4.39 Å². The summed E-state index contributed by atoms with van der Waals surface area (Å²) < 4.78 is 13.0. The second-order valence-corrected chi connectivity index (χ2v) is 4.18. The van der Waals surface area contributed by atoms with Crippen LogP contribution in [0.25, 0.3) is 0 Å². The molecule has 1 aromatic carbocycles. The van der Waals surface area contributed by atoms with Crippen molar-refractivity contribution in [2.24, 2.45) is 0 Å². The summed E-state index contributed by atoms with van der Waals surface area (Å²) >= 11 is 5.64. The number of aromatic nitrogens is 1. The number of amides is 1. The second kappa shape index (κ2) is 5.14. The quantitative estimate of drug-likeness (QED) is 0.903. The lowest BCUT2D eigenvalue weighted by molar-refractivity contribution is 0.102. The molecule has 0 spiro atoms. The summed E-state index contributed by atoms with van der Waals surface area (Å²) in [6, 6.07) is 5.76. The number of nitrogens with zero attached hydrogens (tertiary/aromatic N) is 1. The molecular formula is C13H10ClFN2O. The van der Waals surface area contributed by atoms with Gasteiger partial charge in [-0.2, -0.15) is 0 Å². The highest BCUT2D eigenvalue weighted by Gasteiger charge is 2.10. The molecule has 0 aliphatic rings. The summed E-state index contributed by atoms with van der Waals surface area (Å²) in [5.74, 6) is -0.824. The number of pyridine rings is 1. The van der Waals surface area contributed by atoms with Crippen LogP contribution in [-0.2, 0) is 0 Å². The first kappa shape index (κ1) is 12.5. The van der Waals surface area contributed by atoms with Crippen LogP contribution in [-0.4, -0.2) is 10.9 Å². The van der Waals surface area contributed by atoms with Crippen molar-refractivity contribution in [2.45, 2.75) is 6.92 Å². The molecule has 1 amide bonds. The Hall–Kier alpha value is -1.94. The molecule has 0 bridgehead atoms. The van der Waals surface area contributed by atoms with Crippen LogP contribution in [0.4, 0.5) is 10.1 Å². The molecule has 2 aromatic rings. The molecule has 18 heavy (non-hydrogen) atoms. The van der Waals surface area contributed by atoms with Gasteiger partial charge in [0.15, 0.2) is 0 Å². The van der Waals surface area contributed by atoms with E-state index in [1.165, 1.54) is 24.4 Å². The number of anilines is 1. The van der Waals surface area contributed by atoms with E-state index < -0.39 is 5.82 Å². The Labute approximate surface area is 109 Å². The van der Waals surface area contributed by atoms with Gasteiger partial charge in [0.2, 0.25) is 0 Å². The minimum atomic E-state index is -0.521. The molecule has 0 atom stereocenters. The molecule has 1 heterocycles. The SMILES string of the molecule is Cc1ccncc1C(=O)Nc1ccc(F)c(Cl)c1. The Morgan fingerprint density at radius 2 is 2.17 bits per heavy atom. The van der Waals surface area contributed by atoms with Gasteiger partial charge in [0.1, 0.15) is 5.82 Å². The fourth-order valence-corrected chi connectivity index (χ4v) is 1.65. The van der Waals surface area contributed by atoms with Gasteiger partial charge in [-0.15, -0.1) is 0 Å². The summed E-state index contributed by atoms with van der Waals surface area (Å²) in [7, 11) is 0. The maximum atomic E-state index is 13.0. The van der Waals surface area contributed by atoms with E-state index in [1.807, 2.05) is 6.92 Å². The molecule has 0 radical (unpaired) electrons. The second-order valence-electron chi connectivity index (χ2n) is 3.77. The fraction of sp³-hybridized carbons (Fsp3) is 0.0769. The van der Waals surface area contributed by atoms with Gasteiger partial charge in [-0.1, -0.05) is 11.6 Å². The first-order chi connectivity index (χ1) is 8.58. The van der Waals surface area contributed by atoms with Crippen molar-refractivity contribution in [3.63, 3.8) is 0 Å². The third kappa shape index (κ3) is 2.65. The largest absolute Gasteiger partial charge is 0.322 e. The average molecular weight is 265 g/mol. The Bertz CT molecular complexity index is 601. The van der Waals surface area contributed by atoms with E-state index in [0.29, 0.717) is 11.3 Å². The topological polar surface area (TPSA) is 42.0 Å². The summed E-state index contributed by atoms with van der Waals surface area (Å²) in [6.07, 6.45) is 3.09. The molecular weight excluding hydrogens is 255 g/mol. The number of nitrogens with one attached hydrogen (secondary N) is 1. The Morgan fingerprint density at radius 1 is 1.39 bits per heavy atom. The lowest BCUT2D eigenvalue weighted by atomic mass is 10.1. The number of hydrogen-bond acceptors (Lipinski definition) is 2. The number of carbonyl (C=O) groups excluding carboxylic acids is 1. The highest BCUT2D eigenvalue weighted by Crippen LogP contribution is 2.20. The molecule has 3 nitrogen and oxygen atoms in total. The van der Waals surface area contributed by atoms with Crippen molar-refractivity contribution < 1.29 is 9.18 Å². The van der Waals surface area contributed by atoms with Gasteiger partial charge >= 0.3 is 0 Å². The van der Waals surface area contributed by atoms with Gasteiger partial charge in [-0.05, 0) is 36.8 Å². The van der Waals surface area contributed by atoms with Crippen LogP contribution in [0.15, 0.2) is 36.7 Å². The summed E-state index contributed by atoms with van der Waals surface area (Å²) in [6.45, 7) is 1.81. The molecule has 0 saturated heterocycles. The number of carbonyl (C=O) groups is 1. The lowest BCUT2D eigenvalue weighted by Crippen LogP contribution is -2.13. The Morgan fingerprint density at radius 3 is 2.83 bits per heavy atom. The predicted molar refractivity (Wildman–Crippen MR) is 68.3 cm³/mol. The maximum Gasteiger partial charge on any atom is 0.257 e. The van der Waals surface area contributed by atoms with Crippen LogP contribution in [0.3, 0.4) is 0 Å². The zero-order chi connectivity index (χ0) is 13.1. The number of benzene rings is 1.